The van der Waals surface area contributed by atoms with Gasteiger partial charge in [-0.3, -0.25) is 9.69 Å². The van der Waals surface area contributed by atoms with E-state index in [1.54, 1.807) is 7.11 Å². The van der Waals surface area contributed by atoms with Crippen molar-refractivity contribution in [1.82, 2.24) is 0 Å². The molecule has 198 valence electrons. The zero-order valence-electron chi connectivity index (χ0n) is 22.6. The predicted molar refractivity (Wildman–Crippen MR) is 148 cm³/mol. The van der Waals surface area contributed by atoms with Gasteiger partial charge in [-0.25, -0.2) is 9.79 Å². The van der Waals surface area contributed by atoms with E-state index in [1.807, 2.05) is 42.5 Å². The number of rotatable bonds is 4. The summed E-state index contributed by atoms with van der Waals surface area (Å²) < 4.78 is 10.5. The second kappa shape index (κ2) is 9.29. The van der Waals surface area contributed by atoms with Gasteiger partial charge >= 0.3 is 5.97 Å². The molecule has 4 aliphatic rings. The maximum absolute atomic E-state index is 13.8. The SMILES string of the molecule is COC(=O)c1ccc2c(c1)N1C(=NC3=C(C(=O)CC(C)(C)C3)C1c1ccc(OC)cc1)N2C1CCCCC1. The normalized spacial score (nSPS) is 22.5. The molecule has 0 aromatic heterocycles. The maximum atomic E-state index is 13.8. The van der Waals surface area contributed by atoms with Gasteiger partial charge in [-0.1, -0.05) is 45.2 Å². The quantitative estimate of drug-likeness (QED) is 0.454. The number of ketones is 1. The van der Waals surface area contributed by atoms with Crippen LogP contribution in [0.5, 0.6) is 5.75 Å². The molecule has 0 radical (unpaired) electrons. The molecule has 0 spiro atoms. The lowest BCUT2D eigenvalue weighted by atomic mass is 9.73. The van der Waals surface area contributed by atoms with Crippen LogP contribution < -0.4 is 14.5 Å². The zero-order chi connectivity index (χ0) is 26.6. The van der Waals surface area contributed by atoms with E-state index in [4.69, 9.17) is 14.5 Å². The largest absolute Gasteiger partial charge is 0.497 e. The molecule has 0 saturated heterocycles. The third-order valence-electron chi connectivity index (χ3n) is 8.38. The maximum Gasteiger partial charge on any atom is 0.337 e. The monoisotopic (exact) mass is 513 g/mol. The van der Waals surface area contributed by atoms with Gasteiger partial charge in [0.2, 0.25) is 5.96 Å². The van der Waals surface area contributed by atoms with Crippen molar-refractivity contribution in [3.63, 3.8) is 0 Å². The highest BCUT2D eigenvalue weighted by molar-refractivity contribution is 6.20. The van der Waals surface area contributed by atoms with Gasteiger partial charge in [0.1, 0.15) is 5.75 Å². The van der Waals surface area contributed by atoms with E-state index in [9.17, 15) is 9.59 Å². The van der Waals surface area contributed by atoms with Crippen LogP contribution >= 0.6 is 0 Å². The molecule has 38 heavy (non-hydrogen) atoms. The zero-order valence-corrected chi connectivity index (χ0v) is 22.6. The first-order chi connectivity index (χ1) is 18.3. The molecule has 2 heterocycles. The Labute approximate surface area is 224 Å². The number of fused-ring (bicyclic) bond motifs is 3. The number of allylic oxidation sites excluding steroid dienone is 1. The molecule has 2 aromatic rings. The molecule has 0 N–H and O–H groups in total. The van der Waals surface area contributed by atoms with Gasteiger partial charge in [-0.05, 0) is 60.6 Å². The van der Waals surface area contributed by atoms with Gasteiger partial charge in [0, 0.05) is 18.0 Å². The number of carbonyl (C=O) groups is 2. The average molecular weight is 514 g/mol. The molecule has 6 rings (SSSR count). The molecule has 1 saturated carbocycles. The Morgan fingerprint density at radius 1 is 0.947 bits per heavy atom. The Kier molecular flexibility index (Phi) is 6.04. The number of guanidine groups is 1. The highest BCUT2D eigenvalue weighted by Gasteiger charge is 2.49. The lowest BCUT2D eigenvalue weighted by Gasteiger charge is -2.42. The smallest absolute Gasteiger partial charge is 0.337 e. The molecule has 1 fully saturated rings. The number of ether oxygens (including phenoxy) is 2. The molecular formula is C31H35N3O4. The first-order valence-corrected chi connectivity index (χ1v) is 13.6. The number of hydrogen-bond donors (Lipinski definition) is 0. The number of anilines is 2. The summed E-state index contributed by atoms with van der Waals surface area (Å²) in [5, 5.41) is 0. The first kappa shape index (κ1) is 24.7. The van der Waals surface area contributed by atoms with Crippen LogP contribution in [0.3, 0.4) is 0 Å². The molecule has 7 heteroatoms. The van der Waals surface area contributed by atoms with Crippen LogP contribution in [-0.4, -0.2) is 38.0 Å². The van der Waals surface area contributed by atoms with Crippen LogP contribution in [0, 0.1) is 5.41 Å². The van der Waals surface area contributed by atoms with E-state index in [1.165, 1.54) is 26.4 Å². The first-order valence-electron chi connectivity index (χ1n) is 13.6. The summed E-state index contributed by atoms with van der Waals surface area (Å²) in [6.45, 7) is 4.29. The van der Waals surface area contributed by atoms with Crippen molar-refractivity contribution in [3.05, 3.63) is 64.9 Å². The Morgan fingerprint density at radius 3 is 2.37 bits per heavy atom. The fraction of sp³-hybridized carbons (Fsp3) is 0.452. The molecule has 1 atom stereocenters. The van der Waals surface area contributed by atoms with Gasteiger partial charge < -0.3 is 14.4 Å². The minimum Gasteiger partial charge on any atom is -0.497 e. The standard InChI is InChI=1S/C31H35N3O4/c1-31(2)17-23-27(26(35)18-31)28(19-10-13-22(37-3)14-11-19)34-25-16-20(29(36)38-4)12-15-24(25)33(30(34)32-23)21-8-6-5-7-9-21/h10-16,21,28H,5-9,17-18H2,1-4H3. The van der Waals surface area contributed by atoms with Crippen LogP contribution in [0.4, 0.5) is 11.4 Å². The molecule has 2 aliphatic carbocycles. The highest BCUT2D eigenvalue weighted by atomic mass is 16.5. The summed E-state index contributed by atoms with van der Waals surface area (Å²) in [5.41, 5.74) is 4.92. The number of aliphatic imine (C=N–C) groups is 1. The second-order valence-corrected chi connectivity index (χ2v) is 11.6. The minimum atomic E-state index is -0.379. The average Bonchev–Trinajstić information content (AvgIpc) is 3.24. The van der Waals surface area contributed by atoms with Crippen molar-refractivity contribution in [2.75, 3.05) is 24.0 Å². The van der Waals surface area contributed by atoms with Crippen molar-refractivity contribution in [1.29, 1.82) is 0 Å². The Balaban J connectivity index is 1.58. The number of hydrogen-bond acceptors (Lipinski definition) is 7. The van der Waals surface area contributed by atoms with E-state index in [2.05, 4.69) is 23.6 Å². The number of nitrogens with zero attached hydrogens (tertiary/aromatic N) is 3. The van der Waals surface area contributed by atoms with Gasteiger partial charge in [0.25, 0.3) is 0 Å². The molecule has 1 unspecified atom stereocenters. The number of Topliss-reactive ketones (excluding diaryl/α,β-unsaturated/α-hetero) is 1. The van der Waals surface area contributed by atoms with Crippen molar-refractivity contribution < 1.29 is 19.1 Å². The van der Waals surface area contributed by atoms with Gasteiger partial charge in [-0.2, -0.15) is 0 Å². The number of esters is 1. The summed E-state index contributed by atoms with van der Waals surface area (Å²) in [6.07, 6.45) is 7.04. The summed E-state index contributed by atoms with van der Waals surface area (Å²) in [6, 6.07) is 13.7. The Morgan fingerprint density at radius 2 is 1.68 bits per heavy atom. The van der Waals surface area contributed by atoms with Gasteiger partial charge in [0.05, 0.1) is 42.9 Å². The summed E-state index contributed by atoms with van der Waals surface area (Å²) >= 11 is 0. The summed E-state index contributed by atoms with van der Waals surface area (Å²) in [5.74, 6) is 1.39. The lowest BCUT2D eigenvalue weighted by molar-refractivity contribution is -0.118. The van der Waals surface area contributed by atoms with Crippen LogP contribution in [0.1, 0.15) is 80.8 Å². The third kappa shape index (κ3) is 3.99. The molecule has 2 aliphatic heterocycles. The van der Waals surface area contributed by atoms with Crippen molar-refractivity contribution in [3.8, 4) is 5.75 Å². The van der Waals surface area contributed by atoms with Crippen LogP contribution in [0.15, 0.2) is 58.7 Å². The predicted octanol–water partition coefficient (Wildman–Crippen LogP) is 6.20. The fourth-order valence-electron chi connectivity index (χ4n) is 6.62. The number of methoxy groups -OCH3 is 2. The third-order valence-corrected chi connectivity index (χ3v) is 8.38. The van der Waals surface area contributed by atoms with E-state index in [0.29, 0.717) is 18.0 Å². The van der Waals surface area contributed by atoms with Crippen LogP contribution in [0.25, 0.3) is 0 Å². The Bertz CT molecular complexity index is 1350. The highest BCUT2D eigenvalue weighted by Crippen LogP contribution is 2.53. The van der Waals surface area contributed by atoms with Crippen molar-refractivity contribution in [2.24, 2.45) is 10.4 Å². The molecule has 0 bridgehead atoms. The van der Waals surface area contributed by atoms with Gasteiger partial charge in [0.15, 0.2) is 5.78 Å². The van der Waals surface area contributed by atoms with Crippen molar-refractivity contribution >= 4 is 29.1 Å². The van der Waals surface area contributed by atoms with E-state index < -0.39 is 0 Å². The molecule has 0 amide bonds. The van der Waals surface area contributed by atoms with Gasteiger partial charge in [-0.15, -0.1) is 0 Å². The fourth-order valence-corrected chi connectivity index (χ4v) is 6.62. The number of carbonyl (C=O) groups excluding carboxylic acids is 2. The topological polar surface area (TPSA) is 71.4 Å². The van der Waals surface area contributed by atoms with Crippen LogP contribution in [0.2, 0.25) is 0 Å². The molecule has 2 aromatic carbocycles. The lowest BCUT2D eigenvalue weighted by Crippen LogP contribution is -2.50. The number of benzene rings is 2. The summed E-state index contributed by atoms with van der Waals surface area (Å²) in [7, 11) is 3.05. The Hall–Kier alpha value is -3.61. The second-order valence-electron chi connectivity index (χ2n) is 11.6. The van der Waals surface area contributed by atoms with Crippen LogP contribution in [-0.2, 0) is 9.53 Å². The molecule has 7 nitrogen and oxygen atoms in total. The molecular weight excluding hydrogens is 478 g/mol. The van der Waals surface area contributed by atoms with Crippen molar-refractivity contribution in [2.45, 2.75) is 70.9 Å². The van der Waals surface area contributed by atoms with E-state index in [0.717, 1.165) is 59.2 Å². The summed E-state index contributed by atoms with van der Waals surface area (Å²) in [4.78, 5) is 36.2. The minimum absolute atomic E-state index is 0.140. The van der Waals surface area contributed by atoms with E-state index in [-0.39, 0.29) is 23.2 Å². The van der Waals surface area contributed by atoms with E-state index >= 15 is 0 Å².